The number of aromatic nitrogens is 2. The van der Waals surface area contributed by atoms with Crippen LogP contribution in [0.25, 0.3) is 5.69 Å². The lowest BCUT2D eigenvalue weighted by Gasteiger charge is -2.26. The second kappa shape index (κ2) is 7.53. The van der Waals surface area contributed by atoms with Gasteiger partial charge in [0, 0.05) is 18.9 Å². The number of rotatable bonds is 5. The summed E-state index contributed by atoms with van der Waals surface area (Å²) in [5, 5.41) is 7.32. The highest BCUT2D eigenvalue weighted by molar-refractivity contribution is 5.79. The third-order valence-electron chi connectivity index (χ3n) is 4.74. The number of fused-ring (bicyclic) bond motifs is 1. The van der Waals surface area contributed by atoms with Crippen LogP contribution in [0.4, 0.5) is 0 Å². The second-order valence-electron chi connectivity index (χ2n) is 6.46. The Labute approximate surface area is 157 Å². The van der Waals surface area contributed by atoms with E-state index in [4.69, 9.17) is 9.47 Å². The van der Waals surface area contributed by atoms with Gasteiger partial charge in [0.05, 0.1) is 18.7 Å². The van der Waals surface area contributed by atoms with Crippen molar-refractivity contribution in [3.05, 3.63) is 72.1 Å². The molecular formula is C21H21N3O3. The lowest BCUT2D eigenvalue weighted by molar-refractivity contribution is -0.126. The first-order valence-electron chi connectivity index (χ1n) is 8.90. The van der Waals surface area contributed by atoms with Gasteiger partial charge in [-0.2, -0.15) is 5.10 Å². The van der Waals surface area contributed by atoms with Crippen molar-refractivity contribution in [1.29, 1.82) is 0 Å². The molecule has 6 nitrogen and oxygen atoms in total. The molecule has 0 saturated heterocycles. The van der Waals surface area contributed by atoms with Crippen LogP contribution in [0.15, 0.2) is 60.9 Å². The molecule has 6 heteroatoms. The Morgan fingerprint density at radius 3 is 2.96 bits per heavy atom. The Balaban J connectivity index is 1.44. The number of para-hydroxylation sites is 2. The molecule has 4 rings (SSSR count). The number of hydrogen-bond donors (Lipinski definition) is 1. The van der Waals surface area contributed by atoms with Crippen molar-refractivity contribution in [3.8, 4) is 17.2 Å². The van der Waals surface area contributed by atoms with Crippen LogP contribution in [0.3, 0.4) is 0 Å². The molecule has 0 bridgehead atoms. The van der Waals surface area contributed by atoms with Crippen molar-refractivity contribution in [3.63, 3.8) is 0 Å². The zero-order valence-electron chi connectivity index (χ0n) is 15.1. The fraction of sp³-hybridized carbons (Fsp3) is 0.238. The largest absolute Gasteiger partial charge is 0.493 e. The number of amides is 1. The smallest absolute Gasteiger partial charge is 0.227 e. The molecular weight excluding hydrogens is 342 g/mol. The molecule has 0 fully saturated rings. The predicted molar refractivity (Wildman–Crippen MR) is 101 cm³/mol. The minimum absolute atomic E-state index is 0.0151. The molecule has 2 aromatic carbocycles. The van der Waals surface area contributed by atoms with Crippen LogP contribution in [0.1, 0.15) is 11.1 Å². The summed E-state index contributed by atoms with van der Waals surface area (Å²) in [6.07, 6.45) is 4.26. The van der Waals surface area contributed by atoms with E-state index in [1.54, 1.807) is 18.0 Å². The molecule has 138 valence electrons. The van der Waals surface area contributed by atoms with Gasteiger partial charge in [-0.25, -0.2) is 4.68 Å². The average Bonchev–Trinajstić information content (AvgIpc) is 3.26. The van der Waals surface area contributed by atoms with E-state index in [0.29, 0.717) is 25.3 Å². The van der Waals surface area contributed by atoms with Crippen LogP contribution >= 0.6 is 0 Å². The van der Waals surface area contributed by atoms with Gasteiger partial charge in [0.1, 0.15) is 6.61 Å². The summed E-state index contributed by atoms with van der Waals surface area (Å²) >= 11 is 0. The fourth-order valence-corrected chi connectivity index (χ4v) is 3.35. The fourth-order valence-electron chi connectivity index (χ4n) is 3.35. The lowest BCUT2D eigenvalue weighted by atomic mass is 9.95. The first kappa shape index (κ1) is 17.1. The highest BCUT2D eigenvalue weighted by Gasteiger charge is 2.27. The topological polar surface area (TPSA) is 65.4 Å². The van der Waals surface area contributed by atoms with Gasteiger partial charge in [0.15, 0.2) is 11.5 Å². The van der Waals surface area contributed by atoms with Gasteiger partial charge in [-0.1, -0.05) is 30.3 Å². The van der Waals surface area contributed by atoms with Gasteiger partial charge in [0.25, 0.3) is 0 Å². The predicted octanol–water partition coefficient (Wildman–Crippen LogP) is 2.75. The van der Waals surface area contributed by atoms with Crippen molar-refractivity contribution in [2.75, 3.05) is 13.7 Å². The van der Waals surface area contributed by atoms with E-state index in [9.17, 15) is 4.79 Å². The zero-order valence-corrected chi connectivity index (χ0v) is 15.1. The molecule has 0 aliphatic carbocycles. The van der Waals surface area contributed by atoms with E-state index >= 15 is 0 Å². The van der Waals surface area contributed by atoms with Gasteiger partial charge in [-0.3, -0.25) is 4.79 Å². The van der Waals surface area contributed by atoms with Crippen molar-refractivity contribution < 1.29 is 14.3 Å². The molecule has 1 atom stereocenters. The van der Waals surface area contributed by atoms with Crippen LogP contribution in [0.5, 0.6) is 11.5 Å². The van der Waals surface area contributed by atoms with E-state index in [1.807, 2.05) is 54.7 Å². The number of benzene rings is 2. The minimum atomic E-state index is -0.221. The molecule has 2 heterocycles. The molecule has 0 saturated carbocycles. The summed E-state index contributed by atoms with van der Waals surface area (Å²) in [5.74, 6) is 1.22. The summed E-state index contributed by atoms with van der Waals surface area (Å²) in [7, 11) is 1.62. The molecule has 0 radical (unpaired) electrons. The Bertz CT molecular complexity index is 938. The number of carbonyl (C=O) groups excluding carboxylic acids is 1. The molecule has 1 aromatic heterocycles. The second-order valence-corrected chi connectivity index (χ2v) is 6.46. The van der Waals surface area contributed by atoms with Crippen LogP contribution < -0.4 is 14.8 Å². The van der Waals surface area contributed by atoms with Gasteiger partial charge in [-0.15, -0.1) is 0 Å². The SMILES string of the molecule is COc1cccc2c1OCC(C(=O)NCc1ccccc1-n1cccn1)C2. The highest BCUT2D eigenvalue weighted by Crippen LogP contribution is 2.36. The number of ether oxygens (including phenoxy) is 2. The summed E-state index contributed by atoms with van der Waals surface area (Å²) in [4.78, 5) is 12.7. The maximum Gasteiger partial charge on any atom is 0.227 e. The Kier molecular flexibility index (Phi) is 4.78. The molecule has 3 aromatic rings. The van der Waals surface area contributed by atoms with E-state index < -0.39 is 0 Å². The van der Waals surface area contributed by atoms with Crippen molar-refractivity contribution in [1.82, 2.24) is 15.1 Å². The van der Waals surface area contributed by atoms with E-state index in [2.05, 4.69) is 10.4 Å². The maximum atomic E-state index is 12.7. The molecule has 27 heavy (non-hydrogen) atoms. The summed E-state index contributed by atoms with van der Waals surface area (Å²) in [5.41, 5.74) is 2.96. The van der Waals surface area contributed by atoms with Crippen LogP contribution in [-0.4, -0.2) is 29.4 Å². The Hall–Kier alpha value is -3.28. The number of methoxy groups -OCH3 is 1. The molecule has 1 N–H and O–H groups in total. The van der Waals surface area contributed by atoms with E-state index in [1.165, 1.54) is 0 Å². The molecule has 0 spiro atoms. The quantitative estimate of drug-likeness (QED) is 0.757. The third-order valence-corrected chi connectivity index (χ3v) is 4.74. The summed E-state index contributed by atoms with van der Waals surface area (Å²) in [6.45, 7) is 0.788. The van der Waals surface area contributed by atoms with Crippen LogP contribution in [0.2, 0.25) is 0 Å². The van der Waals surface area contributed by atoms with Gasteiger partial charge in [-0.05, 0) is 35.7 Å². The number of nitrogens with zero attached hydrogens (tertiary/aromatic N) is 2. The monoisotopic (exact) mass is 363 g/mol. The summed E-state index contributed by atoms with van der Waals surface area (Å²) < 4.78 is 12.9. The number of hydrogen-bond acceptors (Lipinski definition) is 4. The number of nitrogens with one attached hydrogen (secondary N) is 1. The average molecular weight is 363 g/mol. The van der Waals surface area contributed by atoms with Crippen LogP contribution in [0, 0.1) is 5.92 Å². The first-order valence-corrected chi connectivity index (χ1v) is 8.90. The van der Waals surface area contributed by atoms with Crippen molar-refractivity contribution >= 4 is 5.91 Å². The van der Waals surface area contributed by atoms with Crippen molar-refractivity contribution in [2.24, 2.45) is 5.92 Å². The van der Waals surface area contributed by atoms with Crippen molar-refractivity contribution in [2.45, 2.75) is 13.0 Å². The van der Waals surface area contributed by atoms with Gasteiger partial charge in [0.2, 0.25) is 5.91 Å². The number of carbonyl (C=O) groups is 1. The van der Waals surface area contributed by atoms with Gasteiger partial charge < -0.3 is 14.8 Å². The van der Waals surface area contributed by atoms with E-state index in [0.717, 1.165) is 22.6 Å². The Morgan fingerprint density at radius 2 is 2.15 bits per heavy atom. The highest BCUT2D eigenvalue weighted by atomic mass is 16.5. The zero-order chi connectivity index (χ0) is 18.6. The van der Waals surface area contributed by atoms with Gasteiger partial charge >= 0.3 is 0 Å². The normalized spacial score (nSPS) is 15.5. The molecule has 1 unspecified atom stereocenters. The maximum absolute atomic E-state index is 12.7. The van der Waals surface area contributed by atoms with Crippen LogP contribution in [-0.2, 0) is 17.8 Å². The Morgan fingerprint density at radius 1 is 1.26 bits per heavy atom. The summed E-state index contributed by atoms with van der Waals surface area (Å²) in [6, 6.07) is 15.5. The molecule has 1 amide bonds. The first-order chi connectivity index (χ1) is 13.3. The van der Waals surface area contributed by atoms with E-state index in [-0.39, 0.29) is 11.8 Å². The molecule has 1 aliphatic rings. The standard InChI is InChI=1S/C21H21N3O3/c1-26-19-9-4-7-15-12-17(14-27-20(15)19)21(25)22-13-16-6-2-3-8-18(16)24-11-5-10-23-24/h2-11,17H,12-14H2,1H3,(H,22,25). The lowest BCUT2D eigenvalue weighted by Crippen LogP contribution is -2.37. The third kappa shape index (κ3) is 3.51. The molecule has 1 aliphatic heterocycles. The minimum Gasteiger partial charge on any atom is -0.493 e.